The molecule has 12 heavy (non-hydrogen) atoms. The molecule has 1 heteroatoms. The van der Waals surface area contributed by atoms with Crippen molar-refractivity contribution in [2.75, 3.05) is 0 Å². The first-order chi connectivity index (χ1) is 5.09. The van der Waals surface area contributed by atoms with Crippen LogP contribution in [0.5, 0.6) is 0 Å². The average molecular weight is 208 g/mol. The summed E-state index contributed by atoms with van der Waals surface area (Å²) < 4.78 is 0. The fraction of sp³-hybridized carbons (Fsp3) is 0.455. The average Bonchev–Trinajstić information content (AvgIpc) is 2.03. The normalized spacial score (nSPS) is 13.1. The summed E-state index contributed by atoms with van der Waals surface area (Å²) in [5.74, 6) is 0.692. The Labute approximate surface area is 89.3 Å². The number of rotatable bonds is 3. The molecule has 0 N–H and O–H groups in total. The van der Waals surface area contributed by atoms with E-state index in [9.17, 15) is 0 Å². The largest absolute Gasteiger partial charge is 4.00 e. The molecule has 0 aromatic heterocycles. The predicted octanol–water partition coefficient (Wildman–Crippen LogP) is 3.53. The van der Waals surface area contributed by atoms with E-state index in [-0.39, 0.29) is 17.1 Å². The van der Waals surface area contributed by atoms with E-state index in [4.69, 9.17) is 0 Å². The standard InChI is InChI=1S/C7H12.C4H8.Fe/c1-5-7(4)6(2)3;1-3-4-2;/h5-7H,1-2,4H2,3H3;1-4H2;/q2*-2;+4. The van der Waals surface area contributed by atoms with Crippen molar-refractivity contribution < 1.29 is 17.1 Å². The molecule has 0 aliphatic carbocycles. The van der Waals surface area contributed by atoms with E-state index in [1.807, 2.05) is 13.0 Å². The molecule has 0 aromatic rings. The van der Waals surface area contributed by atoms with Gasteiger partial charge in [0.05, 0.1) is 0 Å². The fourth-order valence-electron chi connectivity index (χ4n) is 0.232. The molecule has 0 radical (unpaired) electrons. The molecule has 2 atom stereocenters. The van der Waals surface area contributed by atoms with Crippen molar-refractivity contribution in [2.45, 2.75) is 19.8 Å². The molecule has 0 aliphatic rings. The smallest absolute Gasteiger partial charge is 0.346 e. The first-order valence-electron chi connectivity index (χ1n) is 3.97. The third-order valence-electron chi connectivity index (χ3n) is 1.28. The van der Waals surface area contributed by atoms with Crippen molar-refractivity contribution in [2.24, 2.45) is 11.8 Å². The third kappa shape index (κ3) is 16.7. The van der Waals surface area contributed by atoms with Crippen LogP contribution in [0.2, 0.25) is 0 Å². The summed E-state index contributed by atoms with van der Waals surface area (Å²) in [6.45, 7) is 20.2. The summed E-state index contributed by atoms with van der Waals surface area (Å²) in [5.41, 5.74) is 0. The van der Waals surface area contributed by atoms with Crippen molar-refractivity contribution in [1.29, 1.82) is 0 Å². The number of hydrogen-bond acceptors (Lipinski definition) is 0. The molecule has 2 unspecified atom stereocenters. The van der Waals surface area contributed by atoms with E-state index in [0.29, 0.717) is 11.8 Å². The van der Waals surface area contributed by atoms with Gasteiger partial charge in [-0.1, -0.05) is 6.92 Å². The molecular formula is C11H20Fe. The van der Waals surface area contributed by atoms with Crippen LogP contribution < -0.4 is 0 Å². The summed E-state index contributed by atoms with van der Waals surface area (Å²) in [4.78, 5) is 0. The van der Waals surface area contributed by atoms with Gasteiger partial charge in [-0.15, -0.1) is 12.7 Å². The van der Waals surface area contributed by atoms with Gasteiger partial charge in [0.1, 0.15) is 0 Å². The number of unbranched alkanes of at least 4 members (excludes halogenated alkanes) is 1. The van der Waals surface area contributed by atoms with E-state index in [1.54, 1.807) is 0 Å². The second-order valence-electron chi connectivity index (χ2n) is 2.58. The second-order valence-corrected chi connectivity index (χ2v) is 2.58. The van der Waals surface area contributed by atoms with Gasteiger partial charge in [0, 0.05) is 0 Å². The van der Waals surface area contributed by atoms with Crippen LogP contribution in [0.25, 0.3) is 0 Å². The van der Waals surface area contributed by atoms with Crippen molar-refractivity contribution >= 4 is 0 Å². The zero-order valence-electron chi connectivity index (χ0n) is 8.04. The molecule has 0 nitrogen and oxygen atoms in total. The van der Waals surface area contributed by atoms with Gasteiger partial charge in [-0.3, -0.25) is 0 Å². The van der Waals surface area contributed by atoms with Gasteiger partial charge < -0.3 is 27.7 Å². The van der Waals surface area contributed by atoms with Crippen LogP contribution in [0.3, 0.4) is 0 Å². The van der Waals surface area contributed by atoms with Crippen LogP contribution in [-0.4, -0.2) is 0 Å². The van der Waals surface area contributed by atoms with E-state index < -0.39 is 0 Å². The Morgan fingerprint density at radius 2 is 1.58 bits per heavy atom. The Balaban J connectivity index is -0.000000142. The molecule has 0 saturated carbocycles. The Morgan fingerprint density at radius 3 is 1.58 bits per heavy atom. The molecule has 0 amide bonds. The van der Waals surface area contributed by atoms with Gasteiger partial charge in [0.2, 0.25) is 0 Å². The topological polar surface area (TPSA) is 0 Å². The minimum atomic E-state index is 0. The second kappa shape index (κ2) is 13.8. The van der Waals surface area contributed by atoms with Gasteiger partial charge in [-0.2, -0.15) is 11.8 Å². The zero-order chi connectivity index (χ0) is 9.28. The Bertz CT molecular complexity index is 75.1. The van der Waals surface area contributed by atoms with Gasteiger partial charge in [0.15, 0.2) is 0 Å². The Kier molecular flexibility index (Phi) is 20.9. The first kappa shape index (κ1) is 18.1. The Hall–Kier alpha value is 0.259. The van der Waals surface area contributed by atoms with Crippen LogP contribution in [-0.2, 0) is 17.1 Å². The van der Waals surface area contributed by atoms with Crippen LogP contribution in [0, 0.1) is 39.5 Å². The minimum Gasteiger partial charge on any atom is -0.346 e. The van der Waals surface area contributed by atoms with Crippen LogP contribution in [0.1, 0.15) is 19.8 Å². The molecular weight excluding hydrogens is 188 g/mol. The maximum atomic E-state index is 3.78. The number of allylic oxidation sites excluding steroid dienone is 1. The third-order valence-corrected chi connectivity index (χ3v) is 1.28. The molecule has 0 fully saturated rings. The zero-order valence-corrected chi connectivity index (χ0v) is 9.14. The predicted molar refractivity (Wildman–Crippen MR) is 53.5 cm³/mol. The molecule has 0 heterocycles. The minimum absolute atomic E-state index is 0. The quantitative estimate of drug-likeness (QED) is 0.378. The van der Waals surface area contributed by atoms with Crippen molar-refractivity contribution in [3.8, 4) is 0 Å². The first-order valence-corrected chi connectivity index (χ1v) is 3.97. The summed E-state index contributed by atoms with van der Waals surface area (Å²) >= 11 is 0. The summed E-state index contributed by atoms with van der Waals surface area (Å²) in [6, 6.07) is 0. The molecule has 0 rings (SSSR count). The number of hydrogen-bond donors (Lipinski definition) is 0. The molecule has 0 saturated heterocycles. The SMILES string of the molecule is C=CC([CH2-])C([CH2-])C.[CH2-]CC[CH2-].[Fe+4]. The van der Waals surface area contributed by atoms with Crippen LogP contribution in [0.4, 0.5) is 0 Å². The van der Waals surface area contributed by atoms with Gasteiger partial charge in [-0.25, -0.2) is 12.8 Å². The van der Waals surface area contributed by atoms with E-state index in [1.165, 1.54) is 0 Å². The molecule has 0 aliphatic heterocycles. The van der Waals surface area contributed by atoms with E-state index in [2.05, 4.69) is 34.3 Å². The van der Waals surface area contributed by atoms with E-state index >= 15 is 0 Å². The Morgan fingerprint density at radius 1 is 1.25 bits per heavy atom. The summed E-state index contributed by atoms with van der Waals surface area (Å²) in [7, 11) is 0. The van der Waals surface area contributed by atoms with Crippen molar-refractivity contribution in [3.05, 3.63) is 40.3 Å². The van der Waals surface area contributed by atoms with Gasteiger partial charge in [0.25, 0.3) is 0 Å². The van der Waals surface area contributed by atoms with Crippen molar-refractivity contribution in [3.63, 3.8) is 0 Å². The fourth-order valence-corrected chi connectivity index (χ4v) is 0.232. The maximum absolute atomic E-state index is 3.78. The molecule has 0 bridgehead atoms. The molecule has 0 spiro atoms. The van der Waals surface area contributed by atoms with Crippen LogP contribution in [0.15, 0.2) is 12.7 Å². The maximum Gasteiger partial charge on any atom is 4.00 e. The summed E-state index contributed by atoms with van der Waals surface area (Å²) in [5, 5.41) is 0. The molecule has 72 valence electrons. The summed E-state index contributed by atoms with van der Waals surface area (Å²) in [6.07, 6.45) is 3.73. The van der Waals surface area contributed by atoms with Gasteiger partial charge in [-0.05, 0) is 0 Å². The van der Waals surface area contributed by atoms with Crippen LogP contribution >= 0.6 is 0 Å². The monoisotopic (exact) mass is 208 g/mol. The van der Waals surface area contributed by atoms with Gasteiger partial charge >= 0.3 is 17.1 Å². The molecule has 0 aromatic carbocycles. The van der Waals surface area contributed by atoms with E-state index in [0.717, 1.165) is 12.8 Å². The van der Waals surface area contributed by atoms with Crippen molar-refractivity contribution in [1.82, 2.24) is 0 Å².